The van der Waals surface area contributed by atoms with Crippen LogP contribution in [0.25, 0.3) is 0 Å². The number of unbranched alkanes of at least 4 members (excludes halogenated alkanes) is 1. The van der Waals surface area contributed by atoms with Crippen molar-refractivity contribution < 1.29 is 8.42 Å². The Morgan fingerprint density at radius 2 is 2.00 bits per heavy atom. The number of hydrogen-bond acceptors (Lipinski definition) is 4. The van der Waals surface area contributed by atoms with Crippen LogP contribution in [0.2, 0.25) is 0 Å². The number of nitrogens with zero attached hydrogens (tertiary/aromatic N) is 2. The topological polar surface area (TPSA) is 76.0 Å². The largest absolute Gasteiger partial charge is 0.337 e. The summed E-state index contributed by atoms with van der Waals surface area (Å²) in [5.41, 5.74) is 0. The maximum atomic E-state index is 11.7. The van der Waals surface area contributed by atoms with Crippen molar-refractivity contribution in [2.24, 2.45) is 0 Å². The molecule has 0 spiro atoms. The third-order valence-corrected chi connectivity index (χ3v) is 4.39. The second-order valence-electron chi connectivity index (χ2n) is 4.82. The molecule has 1 aromatic heterocycles. The van der Waals surface area contributed by atoms with E-state index >= 15 is 0 Å². The number of nitrogens with one attached hydrogen (secondary N) is 2. The van der Waals surface area contributed by atoms with Gasteiger partial charge in [0.2, 0.25) is 10.0 Å². The summed E-state index contributed by atoms with van der Waals surface area (Å²) in [7, 11) is -3.12. The van der Waals surface area contributed by atoms with Crippen LogP contribution >= 0.6 is 0 Å². The summed E-state index contributed by atoms with van der Waals surface area (Å²) in [4.78, 5) is 3.94. The van der Waals surface area contributed by atoms with Crippen molar-refractivity contribution in [3.63, 3.8) is 0 Å². The molecule has 0 fully saturated rings. The van der Waals surface area contributed by atoms with E-state index in [4.69, 9.17) is 0 Å². The van der Waals surface area contributed by atoms with Gasteiger partial charge >= 0.3 is 0 Å². The van der Waals surface area contributed by atoms with Crippen molar-refractivity contribution in [3.05, 3.63) is 18.7 Å². The standard InChI is InChI=1S/C13H26N4O2S/c1-2-6-14-7-3-4-12-20(18,19)16-8-5-10-17-11-9-15-13-17/h9,11,13-14,16H,2-8,10,12H2,1H3. The first-order valence-corrected chi connectivity index (χ1v) is 8.93. The lowest BCUT2D eigenvalue weighted by Crippen LogP contribution is -2.28. The average Bonchev–Trinajstić information content (AvgIpc) is 2.92. The van der Waals surface area contributed by atoms with E-state index in [1.54, 1.807) is 12.5 Å². The lowest BCUT2D eigenvalue weighted by Gasteiger charge is -2.07. The molecule has 0 bridgehead atoms. The zero-order valence-corrected chi connectivity index (χ0v) is 13.0. The van der Waals surface area contributed by atoms with Crippen LogP contribution in [0.1, 0.15) is 32.6 Å². The minimum Gasteiger partial charge on any atom is -0.337 e. The highest BCUT2D eigenvalue weighted by molar-refractivity contribution is 7.89. The normalized spacial score (nSPS) is 11.8. The molecule has 116 valence electrons. The summed E-state index contributed by atoms with van der Waals surface area (Å²) in [6.45, 7) is 5.27. The third kappa shape index (κ3) is 8.29. The Bertz CT molecular complexity index is 431. The molecule has 1 aromatic rings. The number of imidazole rings is 1. The molecule has 7 heteroatoms. The molecule has 0 aliphatic carbocycles. The minimum absolute atomic E-state index is 0.214. The molecule has 0 aliphatic heterocycles. The number of sulfonamides is 1. The van der Waals surface area contributed by atoms with Crippen LogP contribution in [0.15, 0.2) is 18.7 Å². The van der Waals surface area contributed by atoms with Gasteiger partial charge in [-0.25, -0.2) is 18.1 Å². The lowest BCUT2D eigenvalue weighted by atomic mass is 10.3. The first kappa shape index (κ1) is 17.1. The predicted octanol–water partition coefficient (Wildman–Crippen LogP) is 0.972. The van der Waals surface area contributed by atoms with Gasteiger partial charge in [0.15, 0.2) is 0 Å². The molecule has 0 aliphatic rings. The van der Waals surface area contributed by atoms with E-state index in [0.29, 0.717) is 13.0 Å². The Morgan fingerprint density at radius 1 is 1.15 bits per heavy atom. The van der Waals surface area contributed by atoms with Gasteiger partial charge in [-0.15, -0.1) is 0 Å². The molecule has 0 aromatic carbocycles. The van der Waals surface area contributed by atoms with Gasteiger partial charge in [0, 0.05) is 25.5 Å². The fourth-order valence-electron chi connectivity index (χ4n) is 1.82. The van der Waals surface area contributed by atoms with Crippen molar-refractivity contribution in [2.75, 3.05) is 25.4 Å². The Balaban J connectivity index is 2.03. The van der Waals surface area contributed by atoms with Gasteiger partial charge in [0.25, 0.3) is 0 Å². The van der Waals surface area contributed by atoms with Crippen LogP contribution in [-0.2, 0) is 16.6 Å². The summed E-state index contributed by atoms with van der Waals surface area (Å²) in [5, 5.41) is 3.27. The minimum atomic E-state index is -3.12. The van der Waals surface area contributed by atoms with Crippen molar-refractivity contribution in [3.8, 4) is 0 Å². The van der Waals surface area contributed by atoms with Gasteiger partial charge in [0.05, 0.1) is 12.1 Å². The number of rotatable bonds is 12. The smallest absolute Gasteiger partial charge is 0.211 e. The maximum Gasteiger partial charge on any atom is 0.211 e. The summed E-state index contributed by atoms with van der Waals surface area (Å²) in [6.07, 6.45) is 8.81. The second-order valence-corrected chi connectivity index (χ2v) is 6.75. The van der Waals surface area contributed by atoms with Crippen molar-refractivity contribution in [1.29, 1.82) is 0 Å². The Labute approximate surface area is 122 Å². The second kappa shape index (κ2) is 9.90. The molecule has 1 rings (SSSR count). The Morgan fingerprint density at radius 3 is 2.70 bits per heavy atom. The summed E-state index contributed by atoms with van der Waals surface area (Å²) >= 11 is 0. The molecule has 0 saturated carbocycles. The number of aryl methyl sites for hydroxylation is 1. The summed E-state index contributed by atoms with van der Waals surface area (Å²) < 4.78 is 28.0. The van der Waals surface area contributed by atoms with Crippen LogP contribution in [0.3, 0.4) is 0 Å². The quantitative estimate of drug-likeness (QED) is 0.564. The molecule has 20 heavy (non-hydrogen) atoms. The first-order valence-electron chi connectivity index (χ1n) is 7.28. The van der Waals surface area contributed by atoms with Gasteiger partial charge in [-0.1, -0.05) is 6.92 Å². The lowest BCUT2D eigenvalue weighted by molar-refractivity contribution is 0.563. The summed E-state index contributed by atoms with van der Waals surface area (Å²) in [6, 6.07) is 0. The molecule has 2 N–H and O–H groups in total. The molecule has 1 heterocycles. The predicted molar refractivity (Wildman–Crippen MR) is 81.0 cm³/mol. The zero-order valence-electron chi connectivity index (χ0n) is 12.2. The molecule has 0 atom stereocenters. The fraction of sp³-hybridized carbons (Fsp3) is 0.769. The molecule has 0 amide bonds. The number of aromatic nitrogens is 2. The Hall–Kier alpha value is -0.920. The molecule has 0 saturated heterocycles. The highest BCUT2D eigenvalue weighted by atomic mass is 32.2. The van der Waals surface area contributed by atoms with Crippen LogP contribution in [0.4, 0.5) is 0 Å². The van der Waals surface area contributed by atoms with E-state index in [9.17, 15) is 8.42 Å². The molecule has 0 unspecified atom stereocenters. The van der Waals surface area contributed by atoms with Gasteiger partial charge in [-0.05, 0) is 38.8 Å². The van der Waals surface area contributed by atoms with Crippen LogP contribution in [0, 0.1) is 0 Å². The van der Waals surface area contributed by atoms with Crippen molar-refractivity contribution >= 4 is 10.0 Å². The monoisotopic (exact) mass is 302 g/mol. The molecular formula is C13H26N4O2S. The van der Waals surface area contributed by atoms with Crippen molar-refractivity contribution in [1.82, 2.24) is 19.6 Å². The van der Waals surface area contributed by atoms with Gasteiger partial charge in [0.1, 0.15) is 0 Å². The van der Waals surface area contributed by atoms with Crippen LogP contribution in [0.5, 0.6) is 0 Å². The molecule has 6 nitrogen and oxygen atoms in total. The third-order valence-electron chi connectivity index (χ3n) is 2.92. The number of hydrogen-bond donors (Lipinski definition) is 2. The van der Waals surface area contributed by atoms with E-state index in [0.717, 1.165) is 38.9 Å². The Kier molecular flexibility index (Phi) is 8.48. The van der Waals surface area contributed by atoms with E-state index < -0.39 is 10.0 Å². The fourth-order valence-corrected chi connectivity index (χ4v) is 3.01. The average molecular weight is 302 g/mol. The van der Waals surface area contributed by atoms with E-state index in [2.05, 4.69) is 21.9 Å². The van der Waals surface area contributed by atoms with Crippen LogP contribution < -0.4 is 10.0 Å². The first-order chi connectivity index (χ1) is 9.64. The van der Waals surface area contributed by atoms with E-state index in [1.165, 1.54) is 0 Å². The highest BCUT2D eigenvalue weighted by Gasteiger charge is 2.08. The maximum absolute atomic E-state index is 11.7. The summed E-state index contributed by atoms with van der Waals surface area (Å²) in [5.74, 6) is 0.214. The highest BCUT2D eigenvalue weighted by Crippen LogP contribution is 1.95. The van der Waals surface area contributed by atoms with Gasteiger partial charge in [-0.3, -0.25) is 0 Å². The SMILES string of the molecule is CCCNCCCCS(=O)(=O)NCCCn1ccnc1. The zero-order chi connectivity index (χ0) is 14.7. The molecule has 0 radical (unpaired) electrons. The van der Waals surface area contributed by atoms with Crippen molar-refractivity contribution in [2.45, 2.75) is 39.2 Å². The van der Waals surface area contributed by atoms with E-state index in [-0.39, 0.29) is 5.75 Å². The van der Waals surface area contributed by atoms with Gasteiger partial charge in [-0.2, -0.15) is 0 Å². The van der Waals surface area contributed by atoms with Crippen LogP contribution in [-0.4, -0.2) is 43.4 Å². The molecular weight excluding hydrogens is 276 g/mol. The van der Waals surface area contributed by atoms with Gasteiger partial charge < -0.3 is 9.88 Å². The van der Waals surface area contributed by atoms with E-state index in [1.807, 2.05) is 10.8 Å².